The van der Waals surface area contributed by atoms with E-state index in [9.17, 15) is 9.59 Å². The zero-order valence-electron chi connectivity index (χ0n) is 20.1. The van der Waals surface area contributed by atoms with Crippen molar-refractivity contribution >= 4 is 29.3 Å². The van der Waals surface area contributed by atoms with E-state index in [2.05, 4.69) is 46.2 Å². The van der Waals surface area contributed by atoms with Crippen LogP contribution in [0.4, 0.5) is 5.69 Å². The van der Waals surface area contributed by atoms with Crippen LogP contribution in [0.25, 0.3) is 0 Å². The first-order valence-corrected chi connectivity index (χ1v) is 12.1. The Morgan fingerprint density at radius 2 is 1.85 bits per heavy atom. The van der Waals surface area contributed by atoms with E-state index in [4.69, 9.17) is 4.74 Å². The SMILES string of the molecule is CCn1c(COc2cc(C)ccc2C(C)C)nnc1SCC(=O)Nc1ccc(C(=O)OC)cc1. The van der Waals surface area contributed by atoms with Gasteiger partial charge in [-0.15, -0.1) is 10.2 Å². The number of nitrogens with one attached hydrogen (secondary N) is 1. The average molecular weight is 483 g/mol. The lowest BCUT2D eigenvalue weighted by Gasteiger charge is -2.15. The molecule has 3 rings (SSSR count). The molecule has 0 bridgehead atoms. The molecule has 3 aromatic rings. The van der Waals surface area contributed by atoms with Gasteiger partial charge in [0.15, 0.2) is 11.0 Å². The van der Waals surface area contributed by atoms with Crippen LogP contribution in [-0.4, -0.2) is 39.5 Å². The van der Waals surface area contributed by atoms with E-state index in [1.165, 1.54) is 18.9 Å². The van der Waals surface area contributed by atoms with E-state index in [1.54, 1.807) is 24.3 Å². The summed E-state index contributed by atoms with van der Waals surface area (Å²) >= 11 is 1.31. The highest BCUT2D eigenvalue weighted by Crippen LogP contribution is 2.28. The highest BCUT2D eigenvalue weighted by atomic mass is 32.2. The van der Waals surface area contributed by atoms with Gasteiger partial charge in [-0.3, -0.25) is 4.79 Å². The van der Waals surface area contributed by atoms with Crippen molar-refractivity contribution in [1.82, 2.24) is 14.8 Å². The molecule has 0 atom stereocenters. The number of methoxy groups -OCH3 is 1. The maximum Gasteiger partial charge on any atom is 0.337 e. The minimum absolute atomic E-state index is 0.174. The lowest BCUT2D eigenvalue weighted by molar-refractivity contribution is -0.113. The van der Waals surface area contributed by atoms with Crippen LogP contribution in [0, 0.1) is 6.92 Å². The third-order valence-electron chi connectivity index (χ3n) is 5.18. The first-order valence-electron chi connectivity index (χ1n) is 11.1. The van der Waals surface area contributed by atoms with Crippen molar-refractivity contribution in [1.29, 1.82) is 0 Å². The first kappa shape index (κ1) is 25.3. The molecule has 0 saturated carbocycles. The summed E-state index contributed by atoms with van der Waals surface area (Å²) in [5.41, 5.74) is 3.31. The van der Waals surface area contributed by atoms with Gasteiger partial charge in [-0.1, -0.05) is 37.7 Å². The molecule has 2 aromatic carbocycles. The summed E-state index contributed by atoms with van der Waals surface area (Å²) in [5, 5.41) is 12.0. The topological polar surface area (TPSA) is 95.3 Å². The number of anilines is 1. The Kier molecular flexibility index (Phi) is 8.70. The molecule has 1 aromatic heterocycles. The number of esters is 1. The van der Waals surface area contributed by atoms with E-state index in [1.807, 2.05) is 24.5 Å². The molecule has 9 heteroatoms. The zero-order valence-corrected chi connectivity index (χ0v) is 20.9. The molecule has 0 radical (unpaired) electrons. The fraction of sp³-hybridized carbons (Fsp3) is 0.360. The minimum Gasteiger partial charge on any atom is -0.485 e. The molecule has 180 valence electrons. The van der Waals surface area contributed by atoms with Crippen molar-refractivity contribution in [2.24, 2.45) is 0 Å². The largest absolute Gasteiger partial charge is 0.485 e. The van der Waals surface area contributed by atoms with E-state index in [0.717, 1.165) is 16.9 Å². The smallest absolute Gasteiger partial charge is 0.337 e. The van der Waals surface area contributed by atoms with Gasteiger partial charge in [0.2, 0.25) is 5.91 Å². The van der Waals surface area contributed by atoms with Gasteiger partial charge in [0.1, 0.15) is 12.4 Å². The number of hydrogen-bond acceptors (Lipinski definition) is 7. The van der Waals surface area contributed by atoms with E-state index in [0.29, 0.717) is 41.3 Å². The third-order valence-corrected chi connectivity index (χ3v) is 6.15. The van der Waals surface area contributed by atoms with Gasteiger partial charge < -0.3 is 19.4 Å². The van der Waals surface area contributed by atoms with Gasteiger partial charge in [-0.25, -0.2) is 4.79 Å². The predicted octanol–water partition coefficient (Wildman–Crippen LogP) is 4.83. The predicted molar refractivity (Wildman–Crippen MR) is 132 cm³/mol. The summed E-state index contributed by atoms with van der Waals surface area (Å²) < 4.78 is 12.7. The van der Waals surface area contributed by atoms with Crippen LogP contribution in [0.5, 0.6) is 5.75 Å². The van der Waals surface area contributed by atoms with Crippen molar-refractivity contribution in [3.63, 3.8) is 0 Å². The molecule has 0 unspecified atom stereocenters. The Bertz CT molecular complexity index is 1140. The Balaban J connectivity index is 1.60. The summed E-state index contributed by atoms with van der Waals surface area (Å²) in [6, 6.07) is 12.8. The molecule has 0 spiro atoms. The Labute approximate surface area is 204 Å². The molecular weight excluding hydrogens is 452 g/mol. The summed E-state index contributed by atoms with van der Waals surface area (Å²) in [6.07, 6.45) is 0. The maximum atomic E-state index is 12.4. The van der Waals surface area contributed by atoms with Gasteiger partial charge in [0, 0.05) is 12.2 Å². The van der Waals surface area contributed by atoms with Gasteiger partial charge in [0.25, 0.3) is 0 Å². The van der Waals surface area contributed by atoms with Crippen molar-refractivity contribution in [3.8, 4) is 5.75 Å². The maximum absolute atomic E-state index is 12.4. The van der Waals surface area contributed by atoms with Crippen molar-refractivity contribution in [2.75, 3.05) is 18.2 Å². The molecule has 0 aliphatic heterocycles. The lowest BCUT2D eigenvalue weighted by atomic mass is 10.0. The Morgan fingerprint density at radius 1 is 1.12 bits per heavy atom. The molecule has 1 amide bonds. The second-order valence-electron chi connectivity index (χ2n) is 8.03. The third kappa shape index (κ3) is 6.38. The minimum atomic E-state index is -0.421. The quantitative estimate of drug-likeness (QED) is 0.327. The van der Waals surface area contributed by atoms with Crippen molar-refractivity contribution in [2.45, 2.75) is 51.9 Å². The van der Waals surface area contributed by atoms with Crippen molar-refractivity contribution < 1.29 is 19.1 Å². The zero-order chi connectivity index (χ0) is 24.7. The first-order chi connectivity index (χ1) is 16.3. The number of hydrogen-bond donors (Lipinski definition) is 1. The molecule has 0 aliphatic rings. The van der Waals surface area contributed by atoms with Crippen LogP contribution in [0.1, 0.15) is 54.0 Å². The van der Waals surface area contributed by atoms with Gasteiger partial charge in [-0.05, 0) is 61.2 Å². The van der Waals surface area contributed by atoms with E-state index in [-0.39, 0.29) is 11.7 Å². The molecule has 1 N–H and O–H groups in total. The van der Waals surface area contributed by atoms with Gasteiger partial charge in [-0.2, -0.15) is 0 Å². The van der Waals surface area contributed by atoms with Crippen LogP contribution >= 0.6 is 11.8 Å². The van der Waals surface area contributed by atoms with E-state index < -0.39 is 5.97 Å². The standard InChI is InChI=1S/C25H30N4O4S/c1-6-29-22(14-33-21-13-17(4)7-12-20(21)16(2)3)27-28-25(29)34-15-23(30)26-19-10-8-18(9-11-19)24(31)32-5/h7-13,16H,6,14-15H2,1-5H3,(H,26,30). The molecule has 0 fully saturated rings. The number of aromatic nitrogens is 3. The monoisotopic (exact) mass is 482 g/mol. The number of aryl methyl sites for hydroxylation is 1. The summed E-state index contributed by atoms with van der Waals surface area (Å²) in [5.74, 6) is 1.48. The molecule has 0 saturated heterocycles. The second kappa shape index (κ2) is 11.7. The van der Waals surface area contributed by atoms with Crippen LogP contribution in [0.15, 0.2) is 47.6 Å². The van der Waals surface area contributed by atoms with Crippen molar-refractivity contribution in [3.05, 3.63) is 65.0 Å². The highest BCUT2D eigenvalue weighted by molar-refractivity contribution is 7.99. The Hall–Kier alpha value is -3.33. The number of amides is 1. The number of carbonyl (C=O) groups is 2. The number of thioether (sulfide) groups is 1. The molecule has 8 nitrogen and oxygen atoms in total. The van der Waals surface area contributed by atoms with E-state index >= 15 is 0 Å². The lowest BCUT2D eigenvalue weighted by Crippen LogP contribution is -2.15. The van der Waals surface area contributed by atoms with Crippen LogP contribution in [0.3, 0.4) is 0 Å². The van der Waals surface area contributed by atoms with Crippen LogP contribution in [0.2, 0.25) is 0 Å². The Morgan fingerprint density at radius 3 is 2.50 bits per heavy atom. The molecule has 34 heavy (non-hydrogen) atoms. The number of carbonyl (C=O) groups excluding carboxylic acids is 2. The normalized spacial score (nSPS) is 10.9. The van der Waals surface area contributed by atoms with Gasteiger partial charge >= 0.3 is 5.97 Å². The number of ether oxygens (including phenoxy) is 2. The molecule has 1 heterocycles. The fourth-order valence-corrected chi connectivity index (χ4v) is 4.19. The summed E-state index contributed by atoms with van der Waals surface area (Å²) in [6.45, 7) is 9.28. The molecule has 0 aliphatic carbocycles. The average Bonchev–Trinajstić information content (AvgIpc) is 3.23. The number of rotatable bonds is 10. The highest BCUT2D eigenvalue weighted by Gasteiger charge is 2.15. The fourth-order valence-electron chi connectivity index (χ4n) is 3.37. The summed E-state index contributed by atoms with van der Waals surface area (Å²) in [4.78, 5) is 23.9. The summed E-state index contributed by atoms with van der Waals surface area (Å²) in [7, 11) is 1.33. The number of benzene rings is 2. The molecular formula is C25H30N4O4S. The second-order valence-corrected chi connectivity index (χ2v) is 8.98. The number of nitrogens with zero attached hydrogens (tertiary/aromatic N) is 3. The van der Waals surface area contributed by atoms with Gasteiger partial charge in [0.05, 0.1) is 18.4 Å². The van der Waals surface area contributed by atoms with Crippen LogP contribution in [-0.2, 0) is 22.7 Å². The van der Waals surface area contributed by atoms with Crippen LogP contribution < -0.4 is 10.1 Å².